The molecule has 1 heterocycles. The molecule has 0 bridgehead atoms. The van der Waals surface area contributed by atoms with Gasteiger partial charge in [0.15, 0.2) is 0 Å². The highest BCUT2D eigenvalue weighted by Gasteiger charge is 2.32. The van der Waals surface area contributed by atoms with Crippen molar-refractivity contribution in [3.63, 3.8) is 0 Å². The Hall–Kier alpha value is -6.33. The molecule has 51 heavy (non-hydrogen) atoms. The highest BCUT2D eigenvalue weighted by atomic mass is 19.4. The summed E-state index contributed by atoms with van der Waals surface area (Å²) in [6.45, 7) is 0. The van der Waals surface area contributed by atoms with Crippen LogP contribution in [0, 0.1) is 5.82 Å². The molecule has 0 atom stereocenters. The summed E-state index contributed by atoms with van der Waals surface area (Å²) in [6.07, 6.45) is -3.19. The van der Waals surface area contributed by atoms with E-state index in [0.29, 0.717) is 10.9 Å². The lowest BCUT2D eigenvalue weighted by Crippen LogP contribution is -2.07. The number of benzene rings is 9. The fourth-order valence-corrected chi connectivity index (χ4v) is 8.19. The lowest BCUT2D eigenvalue weighted by atomic mass is 9.83. The van der Waals surface area contributed by atoms with E-state index in [2.05, 4.69) is 65.6 Å². The SMILES string of the molecule is Fc1ccc(-c2ccc3ccc4c(-c5c6ccccc6c(-c6ccc(C(F)(F)F)nc6)c6ccccc56)ccc5ccc2c3c54)c2ccccc12. The fraction of sp³-hybridized carbons (Fsp3) is 0.0217. The van der Waals surface area contributed by atoms with Crippen molar-refractivity contribution in [3.8, 4) is 33.4 Å². The fourth-order valence-electron chi connectivity index (χ4n) is 8.19. The van der Waals surface area contributed by atoms with Crippen LogP contribution in [-0.4, -0.2) is 4.98 Å². The van der Waals surface area contributed by atoms with E-state index in [-0.39, 0.29) is 5.82 Å². The minimum Gasteiger partial charge on any atom is -0.251 e. The summed E-state index contributed by atoms with van der Waals surface area (Å²) < 4.78 is 55.3. The Labute approximate surface area is 289 Å². The minimum absolute atomic E-state index is 0.239. The van der Waals surface area contributed by atoms with E-state index < -0.39 is 11.9 Å². The smallest absolute Gasteiger partial charge is 0.251 e. The number of pyridine rings is 1. The lowest BCUT2D eigenvalue weighted by molar-refractivity contribution is -0.141. The van der Waals surface area contributed by atoms with E-state index in [1.807, 2.05) is 66.7 Å². The molecule has 0 N–H and O–H groups in total. The summed E-state index contributed by atoms with van der Waals surface area (Å²) in [5.74, 6) is -0.239. The molecule has 9 aromatic carbocycles. The quantitative estimate of drug-likeness (QED) is 0.104. The van der Waals surface area contributed by atoms with Gasteiger partial charge in [-0.15, -0.1) is 0 Å². The number of alkyl halides is 3. The van der Waals surface area contributed by atoms with Gasteiger partial charge in [0.05, 0.1) is 0 Å². The summed E-state index contributed by atoms with van der Waals surface area (Å²) in [5, 5.41) is 12.1. The van der Waals surface area contributed by atoms with Crippen molar-refractivity contribution in [2.45, 2.75) is 6.18 Å². The predicted octanol–water partition coefficient (Wildman–Crippen LogP) is 13.6. The number of rotatable bonds is 3. The van der Waals surface area contributed by atoms with Crippen molar-refractivity contribution in [2.75, 3.05) is 0 Å². The first-order valence-corrected chi connectivity index (χ1v) is 16.7. The Kier molecular flexibility index (Phi) is 6.28. The molecule has 1 nitrogen and oxygen atoms in total. The molecule has 0 fully saturated rings. The van der Waals surface area contributed by atoms with Crippen LogP contribution >= 0.6 is 0 Å². The largest absolute Gasteiger partial charge is 0.433 e. The van der Waals surface area contributed by atoms with Gasteiger partial charge in [-0.25, -0.2) is 4.39 Å². The monoisotopic (exact) mass is 667 g/mol. The first-order chi connectivity index (χ1) is 24.9. The molecule has 10 rings (SSSR count). The van der Waals surface area contributed by atoms with Gasteiger partial charge in [0.25, 0.3) is 0 Å². The molecule has 0 spiro atoms. The van der Waals surface area contributed by atoms with Crippen LogP contribution in [0.1, 0.15) is 5.69 Å². The number of nitrogens with zero attached hydrogens (tertiary/aromatic N) is 1. The molecule has 10 aromatic rings. The number of halogens is 4. The normalized spacial score (nSPS) is 12.3. The number of fused-ring (bicyclic) bond motifs is 3. The van der Waals surface area contributed by atoms with E-state index >= 15 is 0 Å². The molecule has 5 heteroatoms. The van der Waals surface area contributed by atoms with Crippen molar-refractivity contribution < 1.29 is 17.6 Å². The van der Waals surface area contributed by atoms with Crippen LogP contribution < -0.4 is 0 Å². The van der Waals surface area contributed by atoms with Crippen LogP contribution in [-0.2, 0) is 6.18 Å². The van der Waals surface area contributed by atoms with Crippen molar-refractivity contribution >= 4 is 64.6 Å². The Morgan fingerprint density at radius 3 is 1.43 bits per heavy atom. The molecule has 0 saturated heterocycles. The van der Waals surface area contributed by atoms with Crippen molar-refractivity contribution in [1.29, 1.82) is 0 Å². The van der Waals surface area contributed by atoms with Crippen LogP contribution in [0.2, 0.25) is 0 Å². The second kappa shape index (κ2) is 10.8. The second-order valence-corrected chi connectivity index (χ2v) is 13.1. The molecular weight excluding hydrogens is 643 g/mol. The second-order valence-electron chi connectivity index (χ2n) is 13.1. The van der Waals surface area contributed by atoms with E-state index in [9.17, 15) is 17.6 Å². The standard InChI is InChI=1S/C46H25F4N/c47-40-23-22-30(29-7-1-2-8-32(29)40)31-18-13-26-15-20-38-39(21-16-27-14-19-37(31)43(26)44(27)38)45-35-11-5-3-9-33(35)42(34-10-4-6-12-36(34)45)28-17-24-41(51-25-28)46(48,49)50/h1-25H. The van der Waals surface area contributed by atoms with E-state index in [1.54, 1.807) is 6.07 Å². The van der Waals surface area contributed by atoms with E-state index in [1.165, 1.54) is 12.3 Å². The summed E-state index contributed by atoms with van der Waals surface area (Å²) in [6, 6.07) is 47.2. The molecule has 0 aliphatic rings. The molecule has 1 aromatic heterocycles. The molecular formula is C46H25F4N. The molecule has 0 amide bonds. The first-order valence-electron chi connectivity index (χ1n) is 16.7. The van der Waals surface area contributed by atoms with Gasteiger partial charge in [-0.2, -0.15) is 13.2 Å². The topological polar surface area (TPSA) is 12.9 Å². The van der Waals surface area contributed by atoms with Crippen LogP contribution in [0.25, 0.3) is 98.0 Å². The predicted molar refractivity (Wildman–Crippen MR) is 202 cm³/mol. The average molecular weight is 668 g/mol. The Morgan fingerprint density at radius 1 is 0.392 bits per heavy atom. The summed E-state index contributed by atoms with van der Waals surface area (Å²) in [7, 11) is 0. The molecule has 0 saturated carbocycles. The van der Waals surface area contributed by atoms with Gasteiger partial charge >= 0.3 is 6.18 Å². The third-order valence-electron chi connectivity index (χ3n) is 10.4. The summed E-state index contributed by atoms with van der Waals surface area (Å²) in [5.41, 5.74) is 4.71. The Bertz CT molecular complexity index is 2960. The van der Waals surface area contributed by atoms with Crippen molar-refractivity contribution in [3.05, 3.63) is 163 Å². The lowest BCUT2D eigenvalue weighted by Gasteiger charge is -2.20. The maximum Gasteiger partial charge on any atom is 0.433 e. The minimum atomic E-state index is -4.52. The molecule has 242 valence electrons. The van der Waals surface area contributed by atoms with Crippen LogP contribution in [0.3, 0.4) is 0 Å². The van der Waals surface area contributed by atoms with Crippen LogP contribution in [0.5, 0.6) is 0 Å². The zero-order valence-corrected chi connectivity index (χ0v) is 26.9. The number of aromatic nitrogens is 1. The Balaban J connectivity index is 1.27. The highest BCUT2D eigenvalue weighted by Crippen LogP contribution is 2.48. The molecule has 0 radical (unpaired) electrons. The number of hydrogen-bond acceptors (Lipinski definition) is 1. The van der Waals surface area contributed by atoms with Gasteiger partial charge in [0.1, 0.15) is 11.5 Å². The molecule has 0 aliphatic carbocycles. The summed E-state index contributed by atoms with van der Waals surface area (Å²) in [4.78, 5) is 3.81. The van der Waals surface area contributed by atoms with Crippen LogP contribution in [0.15, 0.2) is 152 Å². The maximum absolute atomic E-state index is 14.9. The maximum atomic E-state index is 14.9. The summed E-state index contributed by atoms with van der Waals surface area (Å²) >= 11 is 0. The molecule has 0 unspecified atom stereocenters. The van der Waals surface area contributed by atoms with E-state index in [4.69, 9.17) is 0 Å². The van der Waals surface area contributed by atoms with Gasteiger partial charge in [-0.3, -0.25) is 4.98 Å². The average Bonchev–Trinajstić information content (AvgIpc) is 3.16. The van der Waals surface area contributed by atoms with Crippen LogP contribution in [0.4, 0.5) is 17.6 Å². The Morgan fingerprint density at radius 2 is 0.863 bits per heavy atom. The van der Waals surface area contributed by atoms with E-state index in [0.717, 1.165) is 93.1 Å². The van der Waals surface area contributed by atoms with Gasteiger partial charge in [0.2, 0.25) is 0 Å². The third kappa shape index (κ3) is 4.37. The zero-order chi connectivity index (χ0) is 34.4. The van der Waals surface area contributed by atoms with Gasteiger partial charge < -0.3 is 0 Å². The zero-order valence-electron chi connectivity index (χ0n) is 26.9. The molecule has 0 aliphatic heterocycles. The van der Waals surface area contributed by atoms with Crippen molar-refractivity contribution in [1.82, 2.24) is 4.98 Å². The highest BCUT2D eigenvalue weighted by molar-refractivity contribution is 6.31. The van der Waals surface area contributed by atoms with Gasteiger partial charge in [0, 0.05) is 17.1 Å². The number of hydrogen-bond donors (Lipinski definition) is 0. The van der Waals surface area contributed by atoms with Gasteiger partial charge in [-0.1, -0.05) is 133 Å². The van der Waals surface area contributed by atoms with Gasteiger partial charge in [-0.05, 0) is 99.2 Å². The first kappa shape index (κ1) is 29.6. The third-order valence-corrected chi connectivity index (χ3v) is 10.4. The van der Waals surface area contributed by atoms with Crippen molar-refractivity contribution in [2.24, 2.45) is 0 Å².